The number of nitrogens with zero attached hydrogens (tertiary/aromatic N) is 1. The lowest BCUT2D eigenvalue weighted by Gasteiger charge is -2.20. The van der Waals surface area contributed by atoms with E-state index >= 15 is 0 Å². The number of rotatable bonds is 4. The van der Waals surface area contributed by atoms with E-state index in [0.717, 1.165) is 28.7 Å². The van der Waals surface area contributed by atoms with Crippen LogP contribution in [0.2, 0.25) is 5.02 Å². The normalized spacial score (nSPS) is 13.4. The van der Waals surface area contributed by atoms with Crippen molar-refractivity contribution in [2.75, 3.05) is 7.05 Å². The molecule has 4 nitrogen and oxygen atoms in total. The average molecular weight is 368 g/mol. The van der Waals surface area contributed by atoms with E-state index in [9.17, 15) is 4.79 Å². The van der Waals surface area contributed by atoms with Gasteiger partial charge < -0.3 is 10.2 Å². The Kier molecular flexibility index (Phi) is 5.14. The third-order valence-electron chi connectivity index (χ3n) is 4.67. The van der Waals surface area contributed by atoms with Crippen molar-refractivity contribution in [2.24, 2.45) is 0 Å². The molecule has 2 aromatic rings. The van der Waals surface area contributed by atoms with Crippen LogP contribution >= 0.6 is 11.6 Å². The molecule has 0 aromatic heterocycles. The Bertz CT molecular complexity index is 917. The molecular formula is C21H22ClN3O. The summed E-state index contributed by atoms with van der Waals surface area (Å²) in [5.41, 5.74) is 5.42. The number of carbonyl (C=O) groups excluding carboxylic acids is 1. The average Bonchev–Trinajstić information content (AvgIpc) is 3.01. The van der Waals surface area contributed by atoms with Crippen molar-refractivity contribution in [2.45, 2.75) is 26.8 Å². The molecule has 0 atom stereocenters. The lowest BCUT2D eigenvalue weighted by molar-refractivity contribution is 0.0966. The van der Waals surface area contributed by atoms with Gasteiger partial charge in [-0.2, -0.15) is 0 Å². The number of amidine groups is 1. The number of hydrogen-bond acceptors (Lipinski definition) is 2. The SMILES string of the molecule is CCC(C)=CN(C)C(=N)c1cc(Cl)ccc1-c1ccc2c(c1)C(=O)NC2. The summed E-state index contributed by atoms with van der Waals surface area (Å²) in [4.78, 5) is 13.8. The molecule has 0 fully saturated rings. The minimum absolute atomic E-state index is 0.0499. The first-order valence-electron chi connectivity index (χ1n) is 8.60. The topological polar surface area (TPSA) is 56.2 Å². The van der Waals surface area contributed by atoms with Crippen molar-refractivity contribution < 1.29 is 4.79 Å². The van der Waals surface area contributed by atoms with Crippen LogP contribution in [0.1, 0.15) is 41.8 Å². The molecule has 0 bridgehead atoms. The summed E-state index contributed by atoms with van der Waals surface area (Å²) in [6.07, 6.45) is 2.89. The van der Waals surface area contributed by atoms with Crippen molar-refractivity contribution >= 4 is 23.3 Å². The van der Waals surface area contributed by atoms with Crippen LogP contribution in [-0.2, 0) is 6.54 Å². The standard InChI is InChI=1S/C21H22ClN3O/c1-4-13(2)12-25(3)20(23)19-10-16(22)7-8-17(19)14-5-6-15-11-24-21(26)18(15)9-14/h5-10,12,23H,4,11H2,1-3H3,(H,24,26). The number of hydrogen-bond donors (Lipinski definition) is 2. The summed E-state index contributed by atoms with van der Waals surface area (Å²) in [5.74, 6) is 0.311. The second kappa shape index (κ2) is 7.34. The summed E-state index contributed by atoms with van der Waals surface area (Å²) < 4.78 is 0. The van der Waals surface area contributed by atoms with Gasteiger partial charge in [0.1, 0.15) is 5.84 Å². The second-order valence-corrected chi connectivity index (χ2v) is 6.97. The minimum Gasteiger partial charge on any atom is -0.348 e. The minimum atomic E-state index is -0.0499. The zero-order valence-corrected chi connectivity index (χ0v) is 15.9. The lowest BCUT2D eigenvalue weighted by atomic mass is 9.95. The Balaban J connectivity index is 2.06. The molecule has 0 radical (unpaired) electrons. The van der Waals surface area contributed by atoms with Crippen LogP contribution in [0.5, 0.6) is 0 Å². The first kappa shape index (κ1) is 18.2. The van der Waals surface area contributed by atoms with E-state index in [1.807, 2.05) is 50.5 Å². The van der Waals surface area contributed by atoms with Crippen molar-refractivity contribution in [3.05, 3.63) is 69.9 Å². The Morgan fingerprint density at radius 3 is 2.77 bits per heavy atom. The molecule has 3 rings (SSSR count). The van der Waals surface area contributed by atoms with Crippen LogP contribution in [0.15, 0.2) is 48.2 Å². The molecule has 0 aliphatic carbocycles. The number of benzene rings is 2. The fourth-order valence-electron chi connectivity index (χ4n) is 3.02. The predicted molar refractivity (Wildman–Crippen MR) is 107 cm³/mol. The fraction of sp³-hybridized carbons (Fsp3) is 0.238. The van der Waals surface area contributed by atoms with Gasteiger partial charge in [-0.1, -0.05) is 42.3 Å². The first-order valence-corrected chi connectivity index (χ1v) is 8.98. The van der Waals surface area contributed by atoms with Gasteiger partial charge in [-0.25, -0.2) is 0 Å². The van der Waals surface area contributed by atoms with Gasteiger partial charge in [0.25, 0.3) is 5.91 Å². The molecule has 0 saturated carbocycles. The maximum absolute atomic E-state index is 12.0. The van der Waals surface area contributed by atoms with Crippen LogP contribution in [0.25, 0.3) is 11.1 Å². The van der Waals surface area contributed by atoms with E-state index in [1.54, 1.807) is 11.0 Å². The highest BCUT2D eigenvalue weighted by molar-refractivity contribution is 6.31. The number of nitrogens with one attached hydrogen (secondary N) is 2. The molecule has 1 aliphatic heterocycles. The third-order valence-corrected chi connectivity index (χ3v) is 4.90. The van der Waals surface area contributed by atoms with Crippen molar-refractivity contribution in [3.63, 3.8) is 0 Å². The summed E-state index contributed by atoms with van der Waals surface area (Å²) in [6, 6.07) is 11.4. The fourth-order valence-corrected chi connectivity index (χ4v) is 3.19. The summed E-state index contributed by atoms with van der Waals surface area (Å²) >= 11 is 6.21. The molecule has 1 heterocycles. The van der Waals surface area contributed by atoms with Crippen LogP contribution in [0.4, 0.5) is 0 Å². The van der Waals surface area contributed by atoms with Gasteiger partial charge >= 0.3 is 0 Å². The van der Waals surface area contributed by atoms with Crippen LogP contribution < -0.4 is 5.32 Å². The molecule has 0 spiro atoms. The number of fused-ring (bicyclic) bond motifs is 1. The van der Waals surface area contributed by atoms with Crippen LogP contribution in [0, 0.1) is 5.41 Å². The molecule has 134 valence electrons. The Morgan fingerprint density at radius 2 is 2.04 bits per heavy atom. The van der Waals surface area contributed by atoms with Gasteiger partial charge in [-0.15, -0.1) is 0 Å². The zero-order valence-electron chi connectivity index (χ0n) is 15.2. The molecule has 1 aliphatic rings. The summed E-state index contributed by atoms with van der Waals surface area (Å²) in [6.45, 7) is 4.70. The molecule has 0 unspecified atom stereocenters. The van der Waals surface area contributed by atoms with E-state index in [0.29, 0.717) is 23.0 Å². The quantitative estimate of drug-likeness (QED) is 0.601. The van der Waals surface area contributed by atoms with Crippen molar-refractivity contribution in [3.8, 4) is 11.1 Å². The monoisotopic (exact) mass is 367 g/mol. The highest BCUT2D eigenvalue weighted by atomic mass is 35.5. The highest BCUT2D eigenvalue weighted by Gasteiger charge is 2.20. The molecule has 26 heavy (non-hydrogen) atoms. The van der Waals surface area contributed by atoms with Crippen LogP contribution in [-0.4, -0.2) is 23.7 Å². The molecule has 2 aromatic carbocycles. The third kappa shape index (κ3) is 3.51. The Labute approximate surface area is 159 Å². The van der Waals surface area contributed by atoms with Crippen LogP contribution in [0.3, 0.4) is 0 Å². The molecular weight excluding hydrogens is 346 g/mol. The van der Waals surface area contributed by atoms with E-state index in [1.165, 1.54) is 5.57 Å². The molecule has 5 heteroatoms. The maximum Gasteiger partial charge on any atom is 0.251 e. The van der Waals surface area contributed by atoms with Crippen molar-refractivity contribution in [1.82, 2.24) is 10.2 Å². The van der Waals surface area contributed by atoms with E-state index in [-0.39, 0.29) is 5.91 Å². The van der Waals surface area contributed by atoms with Gasteiger partial charge in [0.05, 0.1) is 0 Å². The lowest BCUT2D eigenvalue weighted by Crippen LogP contribution is -2.22. The molecule has 0 saturated heterocycles. The zero-order chi connectivity index (χ0) is 18.8. The van der Waals surface area contributed by atoms with Crippen molar-refractivity contribution in [1.29, 1.82) is 5.41 Å². The highest BCUT2D eigenvalue weighted by Crippen LogP contribution is 2.30. The van der Waals surface area contributed by atoms with Gasteiger partial charge in [0, 0.05) is 35.9 Å². The Morgan fingerprint density at radius 1 is 1.27 bits per heavy atom. The number of halogens is 1. The first-order chi connectivity index (χ1) is 12.4. The van der Waals surface area contributed by atoms with E-state index < -0.39 is 0 Å². The van der Waals surface area contributed by atoms with E-state index in [4.69, 9.17) is 17.0 Å². The summed E-state index contributed by atoms with van der Waals surface area (Å²) in [7, 11) is 1.86. The van der Waals surface area contributed by atoms with Gasteiger partial charge in [0.2, 0.25) is 0 Å². The molecule has 2 N–H and O–H groups in total. The van der Waals surface area contributed by atoms with Gasteiger partial charge in [0.15, 0.2) is 0 Å². The number of carbonyl (C=O) groups is 1. The second-order valence-electron chi connectivity index (χ2n) is 6.53. The molecule has 1 amide bonds. The smallest absolute Gasteiger partial charge is 0.251 e. The largest absolute Gasteiger partial charge is 0.348 e. The summed E-state index contributed by atoms with van der Waals surface area (Å²) in [5, 5.41) is 12.0. The van der Waals surface area contributed by atoms with Gasteiger partial charge in [-0.3, -0.25) is 10.2 Å². The number of amides is 1. The maximum atomic E-state index is 12.0. The van der Waals surface area contributed by atoms with E-state index in [2.05, 4.69) is 12.2 Å². The van der Waals surface area contributed by atoms with Gasteiger partial charge in [-0.05, 0) is 48.2 Å². The number of allylic oxidation sites excluding steroid dienone is 1. The Hall–Kier alpha value is -2.59. The predicted octanol–water partition coefficient (Wildman–Crippen LogP) is 4.82.